The highest BCUT2D eigenvalue weighted by Crippen LogP contribution is 2.36. The molecule has 4 rings (SSSR count). The van der Waals surface area contributed by atoms with Gasteiger partial charge in [0.2, 0.25) is 5.91 Å². The van der Waals surface area contributed by atoms with E-state index in [0.717, 1.165) is 47.7 Å². The van der Waals surface area contributed by atoms with Crippen molar-refractivity contribution in [3.05, 3.63) is 54.1 Å². The number of benzene rings is 2. The summed E-state index contributed by atoms with van der Waals surface area (Å²) in [6.45, 7) is 0.817. The van der Waals surface area contributed by atoms with Gasteiger partial charge in [-0.2, -0.15) is 0 Å². The van der Waals surface area contributed by atoms with E-state index < -0.39 is 0 Å². The predicted molar refractivity (Wildman–Crippen MR) is 110 cm³/mol. The Hall–Kier alpha value is -3.42. The molecule has 0 aliphatic heterocycles. The molecule has 29 heavy (non-hydrogen) atoms. The summed E-state index contributed by atoms with van der Waals surface area (Å²) in [6, 6.07) is 16.1. The van der Waals surface area contributed by atoms with E-state index in [9.17, 15) is 4.79 Å². The Bertz CT molecular complexity index is 948. The Morgan fingerprint density at radius 3 is 2.59 bits per heavy atom. The number of hydrogen-bond donors (Lipinski definition) is 2. The van der Waals surface area contributed by atoms with Crippen molar-refractivity contribution in [1.29, 1.82) is 0 Å². The lowest BCUT2D eigenvalue weighted by molar-refractivity contribution is -0.119. The van der Waals surface area contributed by atoms with Gasteiger partial charge in [-0.05, 0) is 71.7 Å². The van der Waals surface area contributed by atoms with Crippen LogP contribution in [0.5, 0.6) is 5.75 Å². The smallest absolute Gasteiger partial charge is 0.239 e. The topological polar surface area (TPSA) is 94.0 Å². The van der Waals surface area contributed by atoms with Crippen LogP contribution in [-0.2, 0) is 11.2 Å². The minimum atomic E-state index is -0.0414. The van der Waals surface area contributed by atoms with E-state index in [0.29, 0.717) is 12.6 Å². The van der Waals surface area contributed by atoms with Crippen molar-refractivity contribution in [2.45, 2.75) is 25.3 Å². The minimum absolute atomic E-state index is 0.0414. The van der Waals surface area contributed by atoms with Gasteiger partial charge in [-0.15, -0.1) is 5.10 Å². The maximum atomic E-state index is 12.1. The zero-order valence-corrected chi connectivity index (χ0v) is 16.3. The van der Waals surface area contributed by atoms with Gasteiger partial charge in [-0.25, -0.2) is 4.68 Å². The number of nitrogens with one attached hydrogen (secondary N) is 2. The fourth-order valence-corrected chi connectivity index (χ4v) is 3.07. The van der Waals surface area contributed by atoms with Gasteiger partial charge in [-0.3, -0.25) is 4.79 Å². The Labute approximate surface area is 169 Å². The van der Waals surface area contributed by atoms with Crippen molar-refractivity contribution in [2.75, 3.05) is 25.5 Å². The number of aromatic nitrogens is 4. The van der Waals surface area contributed by atoms with E-state index in [4.69, 9.17) is 4.74 Å². The van der Waals surface area contributed by atoms with Crippen molar-refractivity contribution in [3.8, 4) is 17.1 Å². The summed E-state index contributed by atoms with van der Waals surface area (Å²) in [7, 11) is 1.65. The fraction of sp³-hybridized carbons (Fsp3) is 0.333. The average molecular weight is 392 g/mol. The molecule has 1 heterocycles. The van der Waals surface area contributed by atoms with E-state index in [1.54, 1.807) is 7.11 Å². The van der Waals surface area contributed by atoms with E-state index in [1.807, 2.05) is 53.2 Å². The summed E-state index contributed by atoms with van der Waals surface area (Å²) in [5, 5.41) is 18.1. The summed E-state index contributed by atoms with van der Waals surface area (Å²) in [5.41, 5.74) is 3.00. The molecule has 0 unspecified atom stereocenters. The molecule has 1 fully saturated rings. The number of ether oxygens (including phenoxy) is 1. The molecule has 0 spiro atoms. The van der Waals surface area contributed by atoms with Crippen LogP contribution >= 0.6 is 0 Å². The number of anilines is 1. The van der Waals surface area contributed by atoms with Crippen LogP contribution in [0, 0.1) is 0 Å². The number of nitrogens with zero attached hydrogens (tertiary/aromatic N) is 4. The second kappa shape index (κ2) is 8.72. The molecule has 8 heteroatoms. The molecule has 0 bridgehead atoms. The van der Waals surface area contributed by atoms with Crippen LogP contribution in [-0.4, -0.2) is 46.3 Å². The van der Waals surface area contributed by atoms with Gasteiger partial charge in [0, 0.05) is 17.8 Å². The van der Waals surface area contributed by atoms with Crippen molar-refractivity contribution in [3.63, 3.8) is 0 Å². The predicted octanol–water partition coefficient (Wildman–Crippen LogP) is 2.45. The molecule has 1 amide bonds. The van der Waals surface area contributed by atoms with E-state index in [1.165, 1.54) is 0 Å². The van der Waals surface area contributed by atoms with Crippen LogP contribution in [0.4, 0.5) is 5.69 Å². The molecule has 3 aromatic rings. The molecule has 150 valence electrons. The maximum Gasteiger partial charge on any atom is 0.239 e. The first-order valence-corrected chi connectivity index (χ1v) is 9.75. The van der Waals surface area contributed by atoms with E-state index in [-0.39, 0.29) is 12.5 Å². The standard InChI is InChI=1S/C21H24N6O2/c1-29-19-10-2-15(3-11-19)12-13-22-20(28)14-23-17-6-4-16(5-7-17)21-24-25-26-27(21)18-8-9-18/h2-7,10-11,18,23H,8-9,12-14H2,1H3,(H,22,28). The molecular formula is C21H24N6O2. The molecule has 0 atom stereocenters. The molecule has 0 saturated heterocycles. The Kier molecular flexibility index (Phi) is 5.69. The highest BCUT2D eigenvalue weighted by Gasteiger charge is 2.28. The molecule has 2 aromatic carbocycles. The highest BCUT2D eigenvalue weighted by atomic mass is 16.5. The van der Waals surface area contributed by atoms with Crippen molar-refractivity contribution >= 4 is 11.6 Å². The summed E-state index contributed by atoms with van der Waals surface area (Å²) < 4.78 is 7.03. The third-order valence-electron chi connectivity index (χ3n) is 4.88. The monoisotopic (exact) mass is 392 g/mol. The third kappa shape index (κ3) is 4.90. The SMILES string of the molecule is COc1ccc(CCNC(=O)CNc2ccc(-c3nnnn3C3CC3)cc2)cc1. The number of amides is 1. The number of methoxy groups -OCH3 is 1. The summed E-state index contributed by atoms with van der Waals surface area (Å²) >= 11 is 0. The van der Waals surface area contributed by atoms with Gasteiger partial charge in [0.1, 0.15) is 5.75 Å². The first-order chi connectivity index (χ1) is 14.2. The number of tetrazole rings is 1. The van der Waals surface area contributed by atoms with Gasteiger partial charge < -0.3 is 15.4 Å². The van der Waals surface area contributed by atoms with Gasteiger partial charge in [0.15, 0.2) is 5.82 Å². The van der Waals surface area contributed by atoms with Gasteiger partial charge in [0.25, 0.3) is 0 Å². The first kappa shape index (κ1) is 18.9. The summed E-state index contributed by atoms with van der Waals surface area (Å²) in [4.78, 5) is 12.1. The van der Waals surface area contributed by atoms with Crippen molar-refractivity contribution < 1.29 is 9.53 Å². The van der Waals surface area contributed by atoms with Crippen molar-refractivity contribution in [1.82, 2.24) is 25.5 Å². The average Bonchev–Trinajstić information content (AvgIpc) is 3.49. The van der Waals surface area contributed by atoms with Crippen LogP contribution in [0.2, 0.25) is 0 Å². The van der Waals surface area contributed by atoms with Gasteiger partial charge in [0.05, 0.1) is 19.7 Å². The minimum Gasteiger partial charge on any atom is -0.497 e. The van der Waals surface area contributed by atoms with Crippen LogP contribution in [0.25, 0.3) is 11.4 Å². The molecule has 1 saturated carbocycles. The third-order valence-corrected chi connectivity index (χ3v) is 4.88. The highest BCUT2D eigenvalue weighted by molar-refractivity contribution is 5.80. The second-order valence-corrected chi connectivity index (χ2v) is 7.06. The van der Waals surface area contributed by atoms with Gasteiger partial charge in [-0.1, -0.05) is 12.1 Å². The Morgan fingerprint density at radius 1 is 1.14 bits per heavy atom. The number of hydrogen-bond acceptors (Lipinski definition) is 6. The molecule has 8 nitrogen and oxygen atoms in total. The lowest BCUT2D eigenvalue weighted by Crippen LogP contribution is -2.31. The quantitative estimate of drug-likeness (QED) is 0.581. The second-order valence-electron chi connectivity index (χ2n) is 7.06. The molecule has 1 aromatic heterocycles. The number of rotatable bonds is 9. The fourth-order valence-electron chi connectivity index (χ4n) is 3.07. The van der Waals surface area contributed by atoms with Crippen LogP contribution < -0.4 is 15.4 Å². The summed E-state index contributed by atoms with van der Waals surface area (Å²) in [6.07, 6.45) is 3.04. The molecule has 1 aliphatic rings. The molecule has 0 radical (unpaired) electrons. The van der Waals surface area contributed by atoms with Crippen LogP contribution in [0.3, 0.4) is 0 Å². The maximum absolute atomic E-state index is 12.1. The lowest BCUT2D eigenvalue weighted by atomic mass is 10.1. The van der Waals surface area contributed by atoms with E-state index in [2.05, 4.69) is 26.2 Å². The van der Waals surface area contributed by atoms with Crippen LogP contribution in [0.1, 0.15) is 24.4 Å². The normalized spacial score (nSPS) is 13.1. The lowest BCUT2D eigenvalue weighted by Gasteiger charge is -2.09. The summed E-state index contributed by atoms with van der Waals surface area (Å²) in [5.74, 6) is 1.58. The van der Waals surface area contributed by atoms with E-state index >= 15 is 0 Å². The largest absolute Gasteiger partial charge is 0.497 e. The zero-order chi connectivity index (χ0) is 20.1. The van der Waals surface area contributed by atoms with Crippen LogP contribution in [0.15, 0.2) is 48.5 Å². The number of carbonyl (C=O) groups is 1. The molecule has 2 N–H and O–H groups in total. The van der Waals surface area contributed by atoms with Gasteiger partial charge >= 0.3 is 0 Å². The van der Waals surface area contributed by atoms with Crippen molar-refractivity contribution in [2.24, 2.45) is 0 Å². The Balaban J connectivity index is 1.22. The Morgan fingerprint density at radius 2 is 1.90 bits per heavy atom. The molecule has 1 aliphatic carbocycles. The molecular weight excluding hydrogens is 368 g/mol. The number of carbonyl (C=O) groups excluding carboxylic acids is 1. The first-order valence-electron chi connectivity index (χ1n) is 9.75. The zero-order valence-electron chi connectivity index (χ0n) is 16.3.